The fraction of sp³-hybridized carbons (Fsp3) is 0.310. The van der Waals surface area contributed by atoms with E-state index in [1.54, 1.807) is 12.3 Å². The number of hydrogen-bond donors (Lipinski definition) is 3. The van der Waals surface area contributed by atoms with E-state index in [2.05, 4.69) is 27.4 Å². The van der Waals surface area contributed by atoms with Crippen molar-refractivity contribution in [3.63, 3.8) is 0 Å². The lowest BCUT2D eigenvalue weighted by atomic mass is 9.95. The van der Waals surface area contributed by atoms with Crippen LogP contribution >= 0.6 is 0 Å². The zero-order valence-corrected chi connectivity index (χ0v) is 21.1. The van der Waals surface area contributed by atoms with Crippen LogP contribution in [0.4, 0.5) is 5.82 Å². The number of carboxylic acid groups (broad SMARTS) is 1. The number of carbonyl (C=O) groups is 2. The number of fused-ring (bicyclic) bond motifs is 3. The second-order valence-electron chi connectivity index (χ2n) is 9.85. The standard InChI is InChI=1S/C29H32N4O3/c1-16(2)13-24(29(35)36)33-28(34)21-9-7-19(18(4)15-21)6-8-20-11-12-31-26-25(20)22-10-5-17(3)14-23(22)32-27(26)30/h5,7,9-12,14-16,24H,6,8,13H2,1-4H3,(H2,30,32)(H,33,34)(H,35,36). The van der Waals surface area contributed by atoms with Crippen molar-refractivity contribution in [3.8, 4) is 0 Å². The molecule has 0 aliphatic heterocycles. The number of hydrogen-bond acceptors (Lipinski definition) is 5. The third-order valence-corrected chi connectivity index (χ3v) is 6.52. The number of rotatable bonds is 8. The number of carboxylic acids is 1. The number of nitrogens with two attached hydrogens (primary N) is 1. The summed E-state index contributed by atoms with van der Waals surface area (Å²) in [6.07, 6.45) is 3.69. The van der Waals surface area contributed by atoms with Gasteiger partial charge in [-0.1, -0.05) is 32.0 Å². The van der Waals surface area contributed by atoms with E-state index in [4.69, 9.17) is 5.73 Å². The summed E-state index contributed by atoms with van der Waals surface area (Å²) in [5.74, 6) is -0.809. The summed E-state index contributed by atoms with van der Waals surface area (Å²) in [6.45, 7) is 7.87. The molecule has 0 spiro atoms. The van der Waals surface area contributed by atoms with Crippen LogP contribution in [-0.2, 0) is 17.6 Å². The van der Waals surface area contributed by atoms with E-state index in [9.17, 15) is 14.7 Å². The van der Waals surface area contributed by atoms with Gasteiger partial charge >= 0.3 is 5.97 Å². The number of nitrogen functional groups attached to an aromatic ring is 1. The molecule has 0 fully saturated rings. The third-order valence-electron chi connectivity index (χ3n) is 6.52. The Kier molecular flexibility index (Phi) is 7.20. The van der Waals surface area contributed by atoms with E-state index in [1.807, 2.05) is 52.0 Å². The average Bonchev–Trinajstić information content (AvgIpc) is 2.82. The number of amides is 1. The Hall–Kier alpha value is -4.00. The predicted octanol–water partition coefficient (Wildman–Crippen LogP) is 5.00. The van der Waals surface area contributed by atoms with Gasteiger partial charge in [0.15, 0.2) is 5.82 Å². The zero-order valence-electron chi connectivity index (χ0n) is 21.1. The molecule has 7 nitrogen and oxygen atoms in total. The molecule has 0 saturated heterocycles. The molecule has 0 bridgehead atoms. The highest BCUT2D eigenvalue weighted by atomic mass is 16.4. The number of anilines is 1. The van der Waals surface area contributed by atoms with Crippen molar-refractivity contribution in [1.82, 2.24) is 15.3 Å². The van der Waals surface area contributed by atoms with Crippen LogP contribution in [0.3, 0.4) is 0 Å². The molecule has 0 saturated carbocycles. The van der Waals surface area contributed by atoms with E-state index in [1.165, 1.54) is 0 Å². The van der Waals surface area contributed by atoms with Gasteiger partial charge in [0.25, 0.3) is 5.91 Å². The summed E-state index contributed by atoms with van der Waals surface area (Å²) < 4.78 is 0. The second-order valence-corrected chi connectivity index (χ2v) is 9.85. The van der Waals surface area contributed by atoms with Gasteiger partial charge in [-0.3, -0.25) is 9.78 Å². The van der Waals surface area contributed by atoms with Gasteiger partial charge in [-0.05, 0) is 85.5 Å². The van der Waals surface area contributed by atoms with Crippen molar-refractivity contribution < 1.29 is 14.7 Å². The number of nitrogens with zero attached hydrogens (tertiary/aromatic N) is 2. The number of aliphatic carboxylic acids is 1. The average molecular weight is 485 g/mol. The Labute approximate surface area is 210 Å². The molecule has 2 aromatic carbocycles. The summed E-state index contributed by atoms with van der Waals surface area (Å²) in [5, 5.41) is 14.1. The van der Waals surface area contributed by atoms with Gasteiger partial charge in [0.05, 0.1) is 5.52 Å². The maximum Gasteiger partial charge on any atom is 0.326 e. The van der Waals surface area contributed by atoms with Crippen molar-refractivity contribution in [1.29, 1.82) is 0 Å². The highest BCUT2D eigenvalue weighted by molar-refractivity contribution is 6.09. The van der Waals surface area contributed by atoms with Gasteiger partial charge in [-0.25, -0.2) is 9.78 Å². The molecule has 0 aliphatic carbocycles. The molecule has 1 amide bonds. The van der Waals surface area contributed by atoms with Crippen molar-refractivity contribution in [2.75, 3.05) is 5.73 Å². The Morgan fingerprint density at radius 3 is 2.47 bits per heavy atom. The quantitative estimate of drug-likeness (QED) is 0.303. The number of benzene rings is 2. The highest BCUT2D eigenvalue weighted by Crippen LogP contribution is 2.30. The van der Waals surface area contributed by atoms with E-state index in [-0.39, 0.29) is 11.8 Å². The molecule has 36 heavy (non-hydrogen) atoms. The van der Waals surface area contributed by atoms with Crippen LogP contribution in [-0.4, -0.2) is 33.0 Å². The largest absolute Gasteiger partial charge is 0.480 e. The minimum absolute atomic E-state index is 0.159. The SMILES string of the molecule is Cc1ccc2c(c1)nc(N)c1nccc(CCc3ccc(C(=O)NC(CC(C)C)C(=O)O)cc3C)c12. The Morgan fingerprint density at radius 1 is 1.03 bits per heavy atom. The molecule has 4 rings (SSSR count). The normalized spacial score (nSPS) is 12.2. The second kappa shape index (κ2) is 10.3. The van der Waals surface area contributed by atoms with Crippen LogP contribution < -0.4 is 11.1 Å². The first kappa shape index (κ1) is 25.1. The third kappa shape index (κ3) is 5.30. The molecule has 0 radical (unpaired) electrons. The summed E-state index contributed by atoms with van der Waals surface area (Å²) in [6, 6.07) is 12.8. The molecule has 4 N–H and O–H groups in total. The molecule has 186 valence electrons. The summed E-state index contributed by atoms with van der Waals surface area (Å²) in [5.41, 5.74) is 12.6. The Morgan fingerprint density at radius 2 is 1.78 bits per heavy atom. The number of carbonyl (C=O) groups excluding carboxylic acids is 1. The fourth-order valence-corrected chi connectivity index (χ4v) is 4.65. The summed E-state index contributed by atoms with van der Waals surface area (Å²) >= 11 is 0. The van der Waals surface area contributed by atoms with Crippen LogP contribution in [0.5, 0.6) is 0 Å². The monoisotopic (exact) mass is 484 g/mol. The first-order chi connectivity index (χ1) is 17.1. The van der Waals surface area contributed by atoms with Gasteiger partial charge in [0.2, 0.25) is 0 Å². The Bertz CT molecular complexity index is 1460. The Balaban J connectivity index is 1.57. The van der Waals surface area contributed by atoms with E-state index < -0.39 is 12.0 Å². The smallest absolute Gasteiger partial charge is 0.326 e. The first-order valence-electron chi connectivity index (χ1n) is 12.2. The van der Waals surface area contributed by atoms with Crippen LogP contribution in [0.25, 0.3) is 21.8 Å². The van der Waals surface area contributed by atoms with Crippen LogP contribution in [0.15, 0.2) is 48.7 Å². The molecular formula is C29H32N4O3. The van der Waals surface area contributed by atoms with Crippen molar-refractivity contribution >= 4 is 39.5 Å². The van der Waals surface area contributed by atoms with E-state index in [0.717, 1.165) is 51.4 Å². The summed E-state index contributed by atoms with van der Waals surface area (Å²) in [4.78, 5) is 33.3. The highest BCUT2D eigenvalue weighted by Gasteiger charge is 2.22. The number of aryl methyl sites for hydroxylation is 4. The number of aromatic nitrogens is 2. The van der Waals surface area contributed by atoms with E-state index >= 15 is 0 Å². The number of pyridine rings is 2. The van der Waals surface area contributed by atoms with Crippen LogP contribution in [0, 0.1) is 19.8 Å². The van der Waals surface area contributed by atoms with Gasteiger partial charge in [-0.2, -0.15) is 0 Å². The molecule has 2 heterocycles. The lowest BCUT2D eigenvalue weighted by molar-refractivity contribution is -0.139. The maximum atomic E-state index is 12.7. The van der Waals surface area contributed by atoms with Gasteiger partial charge in [0, 0.05) is 22.5 Å². The van der Waals surface area contributed by atoms with Gasteiger partial charge in [0.1, 0.15) is 11.6 Å². The van der Waals surface area contributed by atoms with Crippen molar-refractivity contribution in [3.05, 3.63) is 76.5 Å². The fourth-order valence-electron chi connectivity index (χ4n) is 4.65. The van der Waals surface area contributed by atoms with Crippen LogP contribution in [0.1, 0.15) is 52.9 Å². The molecule has 1 atom stereocenters. The number of nitrogens with one attached hydrogen (secondary N) is 1. The van der Waals surface area contributed by atoms with Crippen molar-refractivity contribution in [2.45, 2.75) is 53.0 Å². The molecule has 2 aromatic heterocycles. The zero-order chi connectivity index (χ0) is 26.0. The topological polar surface area (TPSA) is 118 Å². The molecule has 0 aliphatic rings. The van der Waals surface area contributed by atoms with E-state index in [0.29, 0.717) is 23.3 Å². The van der Waals surface area contributed by atoms with Gasteiger partial charge in [-0.15, -0.1) is 0 Å². The first-order valence-corrected chi connectivity index (χ1v) is 12.2. The lowest BCUT2D eigenvalue weighted by Crippen LogP contribution is -2.41. The maximum absolute atomic E-state index is 12.7. The lowest BCUT2D eigenvalue weighted by Gasteiger charge is -2.17. The summed E-state index contributed by atoms with van der Waals surface area (Å²) in [7, 11) is 0. The van der Waals surface area contributed by atoms with Crippen LogP contribution in [0.2, 0.25) is 0 Å². The predicted molar refractivity (Wildman–Crippen MR) is 143 cm³/mol. The minimum Gasteiger partial charge on any atom is -0.480 e. The molecule has 4 aromatic rings. The molecule has 7 heteroatoms. The molecule has 1 unspecified atom stereocenters. The molecular weight excluding hydrogens is 452 g/mol. The van der Waals surface area contributed by atoms with Gasteiger partial charge < -0.3 is 16.2 Å². The van der Waals surface area contributed by atoms with Crippen molar-refractivity contribution in [2.24, 2.45) is 5.92 Å². The minimum atomic E-state index is -1.02.